The Morgan fingerprint density at radius 2 is 1.77 bits per heavy atom. The van der Waals surface area contributed by atoms with Gasteiger partial charge in [0.15, 0.2) is 0 Å². The van der Waals surface area contributed by atoms with Gasteiger partial charge in [-0.05, 0) is 84.6 Å². The van der Waals surface area contributed by atoms with Gasteiger partial charge in [0, 0.05) is 27.5 Å². The molecule has 1 aromatic heterocycles. The number of hydrogen-bond acceptors (Lipinski definition) is 3. The van der Waals surface area contributed by atoms with E-state index in [-0.39, 0.29) is 4.75 Å². The topological polar surface area (TPSA) is 33.2 Å². The van der Waals surface area contributed by atoms with Crippen LogP contribution in [0.1, 0.15) is 51.3 Å². The van der Waals surface area contributed by atoms with Crippen molar-refractivity contribution in [1.29, 1.82) is 0 Å². The molecule has 0 bridgehead atoms. The van der Waals surface area contributed by atoms with Gasteiger partial charge < -0.3 is 4.90 Å². The van der Waals surface area contributed by atoms with E-state index in [1.165, 1.54) is 12.3 Å². The van der Waals surface area contributed by atoms with Crippen molar-refractivity contribution in [3.63, 3.8) is 0 Å². The van der Waals surface area contributed by atoms with Crippen LogP contribution >= 0.6 is 0 Å². The number of rotatable bonds is 9. The zero-order chi connectivity index (χ0) is 20.0. The molecular weight excluding hydrogens is 361 g/mol. The van der Waals surface area contributed by atoms with E-state index in [9.17, 15) is 17.4 Å². The van der Waals surface area contributed by atoms with Gasteiger partial charge in [-0.2, -0.15) is 13.2 Å². The van der Waals surface area contributed by atoms with Crippen LogP contribution in [0.2, 0.25) is 0 Å². The molecule has 0 saturated heterocycles. The minimum absolute atomic E-state index is 0.219. The van der Waals surface area contributed by atoms with Crippen molar-refractivity contribution in [3.05, 3.63) is 29.6 Å². The van der Waals surface area contributed by atoms with Crippen molar-refractivity contribution in [1.82, 2.24) is 9.88 Å². The lowest BCUT2D eigenvalue weighted by Crippen LogP contribution is -2.26. The number of halogens is 3. The Labute approximate surface area is 157 Å². The van der Waals surface area contributed by atoms with Crippen molar-refractivity contribution in [2.24, 2.45) is 5.92 Å². The lowest BCUT2D eigenvalue weighted by Gasteiger charge is -2.22. The molecule has 1 rings (SSSR count). The number of nitrogens with zero attached hydrogens (tertiary/aromatic N) is 2. The molecule has 0 fully saturated rings. The Bertz CT molecular complexity index is 566. The monoisotopic (exact) mass is 392 g/mol. The largest absolute Gasteiger partial charge is 0.433 e. The number of aryl methyl sites for hydroxylation is 1. The van der Waals surface area contributed by atoms with Gasteiger partial charge in [-0.15, -0.1) is 0 Å². The van der Waals surface area contributed by atoms with E-state index in [0.29, 0.717) is 18.1 Å². The predicted octanol–water partition coefficient (Wildman–Crippen LogP) is 4.54. The molecule has 26 heavy (non-hydrogen) atoms. The van der Waals surface area contributed by atoms with Crippen molar-refractivity contribution < 1.29 is 17.4 Å². The number of alkyl halides is 3. The maximum absolute atomic E-state index is 12.6. The zero-order valence-electron chi connectivity index (χ0n) is 16.4. The van der Waals surface area contributed by atoms with E-state index in [1.807, 2.05) is 34.9 Å². The van der Waals surface area contributed by atoms with Crippen molar-refractivity contribution in [2.45, 2.75) is 57.4 Å². The van der Waals surface area contributed by atoms with E-state index < -0.39 is 22.7 Å². The van der Waals surface area contributed by atoms with Crippen LogP contribution in [0, 0.1) is 5.92 Å². The molecule has 0 radical (unpaired) electrons. The summed E-state index contributed by atoms with van der Waals surface area (Å²) in [4.78, 5) is 5.65. The van der Waals surface area contributed by atoms with Gasteiger partial charge in [0.2, 0.25) is 0 Å². The third kappa shape index (κ3) is 8.62. The third-order valence-electron chi connectivity index (χ3n) is 4.34. The Morgan fingerprint density at radius 1 is 1.12 bits per heavy atom. The number of pyridine rings is 1. The second-order valence-electron chi connectivity index (χ2n) is 8.00. The number of hydrogen-bond donors (Lipinski definition) is 0. The van der Waals surface area contributed by atoms with E-state index >= 15 is 0 Å². The Balaban J connectivity index is 2.63. The minimum Gasteiger partial charge on any atom is -0.309 e. The van der Waals surface area contributed by atoms with Gasteiger partial charge in [-0.3, -0.25) is 9.19 Å². The SMILES string of the molecule is CN(C)CC[C@H](CCc1ccc(C(F)(F)F)nc1)CC[S@@](=O)C(C)(C)C. The van der Waals surface area contributed by atoms with Crippen LogP contribution < -0.4 is 0 Å². The van der Waals surface area contributed by atoms with E-state index in [2.05, 4.69) is 9.88 Å². The molecule has 0 aromatic carbocycles. The highest BCUT2D eigenvalue weighted by atomic mass is 32.2. The first-order valence-corrected chi connectivity index (χ1v) is 10.3. The molecule has 0 unspecified atom stereocenters. The van der Waals surface area contributed by atoms with Crippen LogP contribution in [0.3, 0.4) is 0 Å². The summed E-state index contributed by atoms with van der Waals surface area (Å²) in [7, 11) is 3.15. The Kier molecular flexibility index (Phi) is 8.73. The summed E-state index contributed by atoms with van der Waals surface area (Å²) in [6.45, 7) is 6.88. The highest BCUT2D eigenvalue weighted by molar-refractivity contribution is 7.86. The second kappa shape index (κ2) is 9.83. The molecule has 0 N–H and O–H groups in total. The second-order valence-corrected chi connectivity index (χ2v) is 10.3. The summed E-state index contributed by atoms with van der Waals surface area (Å²) in [5.74, 6) is 1.05. The molecule has 0 aliphatic carbocycles. The van der Waals surface area contributed by atoms with Gasteiger partial charge in [-0.1, -0.05) is 6.07 Å². The quantitative estimate of drug-likeness (QED) is 0.619. The molecule has 0 saturated carbocycles. The summed E-state index contributed by atoms with van der Waals surface area (Å²) in [5.41, 5.74) is -0.0456. The Hall–Kier alpha value is -0.950. The summed E-state index contributed by atoms with van der Waals surface area (Å²) in [6, 6.07) is 2.55. The highest BCUT2D eigenvalue weighted by Crippen LogP contribution is 2.27. The standard InChI is InChI=1S/C19H31F3N2OS/c1-18(2,3)26(25)13-11-15(10-12-24(4)5)6-7-16-8-9-17(23-14-16)19(20,21)22/h8-9,14-15H,6-7,10-13H2,1-5H3/t15-,26+/m0/s1. The molecule has 1 heterocycles. The van der Waals surface area contributed by atoms with E-state index in [1.54, 1.807) is 0 Å². The van der Waals surface area contributed by atoms with Crippen molar-refractivity contribution in [2.75, 3.05) is 26.4 Å². The maximum Gasteiger partial charge on any atom is 0.433 e. The van der Waals surface area contributed by atoms with Crippen LogP contribution in [0.25, 0.3) is 0 Å². The fraction of sp³-hybridized carbons (Fsp3) is 0.737. The molecule has 2 atom stereocenters. The average Bonchev–Trinajstić information content (AvgIpc) is 2.52. The normalized spacial score (nSPS) is 15.3. The van der Waals surface area contributed by atoms with Gasteiger partial charge in [0.1, 0.15) is 5.69 Å². The summed E-state index contributed by atoms with van der Waals surface area (Å²) < 4.78 is 49.8. The van der Waals surface area contributed by atoms with Crippen LogP contribution in [0.5, 0.6) is 0 Å². The van der Waals surface area contributed by atoms with Crippen molar-refractivity contribution in [3.8, 4) is 0 Å². The molecule has 0 aliphatic rings. The fourth-order valence-electron chi connectivity index (χ4n) is 2.56. The summed E-state index contributed by atoms with van der Waals surface area (Å²) in [5, 5.41) is 0. The van der Waals surface area contributed by atoms with Crippen LogP contribution in [0.4, 0.5) is 13.2 Å². The number of aromatic nitrogens is 1. The molecule has 1 aromatic rings. The first-order chi connectivity index (χ1) is 11.9. The molecule has 0 spiro atoms. The molecule has 7 heteroatoms. The summed E-state index contributed by atoms with van der Waals surface area (Å²) >= 11 is 0. The maximum atomic E-state index is 12.6. The molecule has 0 aliphatic heterocycles. The first-order valence-electron chi connectivity index (χ1n) is 8.95. The van der Waals surface area contributed by atoms with Gasteiger partial charge in [0.25, 0.3) is 0 Å². The van der Waals surface area contributed by atoms with Crippen molar-refractivity contribution >= 4 is 10.8 Å². The molecule has 150 valence electrons. The molecule has 0 amide bonds. The van der Waals surface area contributed by atoms with Gasteiger partial charge in [0.05, 0.1) is 0 Å². The lowest BCUT2D eigenvalue weighted by molar-refractivity contribution is -0.141. The van der Waals surface area contributed by atoms with Gasteiger partial charge >= 0.3 is 6.18 Å². The lowest BCUT2D eigenvalue weighted by atomic mass is 9.94. The first kappa shape index (κ1) is 23.1. The predicted molar refractivity (Wildman–Crippen MR) is 102 cm³/mol. The highest BCUT2D eigenvalue weighted by Gasteiger charge is 2.32. The van der Waals surface area contributed by atoms with Crippen LogP contribution in [-0.2, 0) is 23.4 Å². The van der Waals surface area contributed by atoms with Crippen LogP contribution in [0.15, 0.2) is 18.3 Å². The van der Waals surface area contributed by atoms with E-state index in [0.717, 1.165) is 37.4 Å². The zero-order valence-corrected chi connectivity index (χ0v) is 17.2. The Morgan fingerprint density at radius 3 is 2.23 bits per heavy atom. The summed E-state index contributed by atoms with van der Waals surface area (Å²) in [6.07, 6.45) is 0.324. The van der Waals surface area contributed by atoms with Gasteiger partial charge in [-0.25, -0.2) is 0 Å². The fourth-order valence-corrected chi connectivity index (χ4v) is 3.72. The molecular formula is C19H31F3N2OS. The van der Waals surface area contributed by atoms with Crippen LogP contribution in [-0.4, -0.2) is 45.2 Å². The van der Waals surface area contributed by atoms with E-state index in [4.69, 9.17) is 0 Å². The average molecular weight is 393 g/mol. The minimum atomic E-state index is -4.40. The smallest absolute Gasteiger partial charge is 0.309 e. The third-order valence-corrected chi connectivity index (χ3v) is 6.31. The molecule has 3 nitrogen and oxygen atoms in total.